The molecule has 0 bridgehead atoms. The minimum atomic E-state index is -3.55. The Hall–Kier alpha value is -3.47. The van der Waals surface area contributed by atoms with Gasteiger partial charge in [-0.25, -0.2) is 18.4 Å². The van der Waals surface area contributed by atoms with Crippen molar-refractivity contribution in [1.82, 2.24) is 19.7 Å². The Balaban J connectivity index is 2.12. The number of methoxy groups -OCH3 is 1. The molecule has 1 amide bonds. The van der Waals surface area contributed by atoms with Gasteiger partial charge in [-0.2, -0.15) is 5.10 Å². The smallest absolute Gasteiger partial charge is 0.222 e. The number of pyridine rings is 2. The summed E-state index contributed by atoms with van der Waals surface area (Å²) < 4.78 is 30.9. The molecule has 0 aromatic carbocycles. The van der Waals surface area contributed by atoms with Gasteiger partial charge in [-0.15, -0.1) is 0 Å². The van der Waals surface area contributed by atoms with Gasteiger partial charge in [-0.05, 0) is 13.0 Å². The van der Waals surface area contributed by atoms with Crippen LogP contribution in [0.4, 0.5) is 17.3 Å². The van der Waals surface area contributed by atoms with E-state index in [0.29, 0.717) is 28.5 Å². The maximum atomic E-state index is 12.0. The van der Waals surface area contributed by atoms with Crippen LogP contribution in [0, 0.1) is 6.92 Å². The monoisotopic (exact) mass is 430 g/mol. The molecule has 10 nitrogen and oxygen atoms in total. The number of carbonyl (C=O) groups is 1. The van der Waals surface area contributed by atoms with Crippen molar-refractivity contribution in [1.29, 1.82) is 0 Å². The first kappa shape index (κ1) is 21.2. The number of aryl methyl sites for hydroxylation is 2. The van der Waals surface area contributed by atoms with Crippen LogP contribution in [0.25, 0.3) is 11.3 Å². The highest BCUT2D eigenvalue weighted by atomic mass is 32.2. The van der Waals surface area contributed by atoms with Crippen LogP contribution < -0.4 is 15.4 Å². The lowest BCUT2D eigenvalue weighted by atomic mass is 10.1. The first-order valence-corrected chi connectivity index (χ1v) is 10.8. The second-order valence-corrected chi connectivity index (χ2v) is 8.68. The lowest BCUT2D eigenvalue weighted by Crippen LogP contribution is -2.09. The van der Waals surface area contributed by atoms with Gasteiger partial charge in [0.2, 0.25) is 5.91 Å². The summed E-state index contributed by atoms with van der Waals surface area (Å²) in [4.78, 5) is 19.9. The van der Waals surface area contributed by atoms with E-state index in [1.165, 1.54) is 20.1 Å². The van der Waals surface area contributed by atoms with Crippen LogP contribution >= 0.6 is 0 Å². The molecule has 0 saturated heterocycles. The van der Waals surface area contributed by atoms with Crippen LogP contribution in [0.3, 0.4) is 0 Å². The van der Waals surface area contributed by atoms with Gasteiger partial charge in [0.15, 0.2) is 14.9 Å². The Morgan fingerprint density at radius 2 is 1.90 bits per heavy atom. The number of ether oxygens (including phenoxy) is 1. The van der Waals surface area contributed by atoms with Gasteiger partial charge in [0.1, 0.15) is 17.4 Å². The highest BCUT2D eigenvalue weighted by molar-refractivity contribution is 7.90. The lowest BCUT2D eigenvalue weighted by molar-refractivity contribution is -0.114. The van der Waals surface area contributed by atoms with Crippen molar-refractivity contribution in [3.63, 3.8) is 0 Å². The highest BCUT2D eigenvalue weighted by Gasteiger charge is 2.16. The van der Waals surface area contributed by atoms with Crippen LogP contribution in [0.2, 0.25) is 0 Å². The van der Waals surface area contributed by atoms with Crippen LogP contribution in [0.1, 0.15) is 12.6 Å². The number of hydrogen-bond acceptors (Lipinski definition) is 8. The van der Waals surface area contributed by atoms with Crippen molar-refractivity contribution in [2.75, 3.05) is 24.0 Å². The standard InChI is InChI=1S/C19H22N6O4S/c1-11-6-16(24-25(11)3)14-10-20-17(21-12(2)26)9-15(14)22-18-7-13(29-4)8-19(23-18)30(5,27)28/h6-10H,1-5H3,(H2,20,21,22,23,26). The van der Waals surface area contributed by atoms with Crippen LogP contribution in [-0.2, 0) is 21.7 Å². The Kier molecular flexibility index (Phi) is 5.74. The van der Waals surface area contributed by atoms with E-state index in [4.69, 9.17) is 4.74 Å². The Bertz CT molecular complexity index is 1200. The minimum absolute atomic E-state index is 0.129. The summed E-state index contributed by atoms with van der Waals surface area (Å²) in [7, 11) is -0.289. The zero-order valence-corrected chi connectivity index (χ0v) is 18.0. The third-order valence-corrected chi connectivity index (χ3v) is 5.22. The summed E-state index contributed by atoms with van der Waals surface area (Å²) in [6.07, 6.45) is 2.65. The second-order valence-electron chi connectivity index (χ2n) is 6.72. The molecular formula is C19H22N6O4S. The molecular weight excluding hydrogens is 408 g/mol. The van der Waals surface area contributed by atoms with Crippen molar-refractivity contribution < 1.29 is 17.9 Å². The molecule has 0 atom stereocenters. The molecule has 0 aliphatic rings. The zero-order chi connectivity index (χ0) is 22.1. The largest absolute Gasteiger partial charge is 0.497 e. The number of sulfone groups is 1. The number of amides is 1. The first-order chi connectivity index (χ1) is 14.1. The fourth-order valence-corrected chi connectivity index (χ4v) is 3.29. The van der Waals surface area contributed by atoms with Crippen molar-refractivity contribution >= 4 is 33.1 Å². The molecule has 2 N–H and O–H groups in total. The van der Waals surface area contributed by atoms with E-state index < -0.39 is 9.84 Å². The van der Waals surface area contributed by atoms with Gasteiger partial charge in [-0.3, -0.25) is 9.48 Å². The number of hydrogen-bond donors (Lipinski definition) is 2. The molecule has 3 heterocycles. The number of aromatic nitrogens is 4. The second kappa shape index (κ2) is 8.11. The van der Waals surface area contributed by atoms with Gasteiger partial charge in [0, 0.05) is 55.9 Å². The zero-order valence-electron chi connectivity index (χ0n) is 17.2. The quantitative estimate of drug-likeness (QED) is 0.610. The van der Waals surface area contributed by atoms with Gasteiger partial charge < -0.3 is 15.4 Å². The fourth-order valence-electron chi connectivity index (χ4n) is 2.70. The SMILES string of the molecule is COc1cc(Nc2cc(NC(C)=O)ncc2-c2cc(C)n(C)n2)nc(S(C)(=O)=O)c1. The average Bonchev–Trinajstić information content (AvgIpc) is 2.99. The predicted molar refractivity (Wildman–Crippen MR) is 113 cm³/mol. The number of rotatable bonds is 6. The average molecular weight is 430 g/mol. The topological polar surface area (TPSA) is 128 Å². The van der Waals surface area contributed by atoms with E-state index in [-0.39, 0.29) is 16.8 Å². The van der Waals surface area contributed by atoms with Gasteiger partial charge in [0.25, 0.3) is 0 Å². The normalized spacial score (nSPS) is 11.2. The number of anilines is 3. The number of nitrogens with zero attached hydrogens (tertiary/aromatic N) is 4. The van der Waals surface area contributed by atoms with E-state index in [2.05, 4.69) is 25.7 Å². The Morgan fingerprint density at radius 1 is 1.17 bits per heavy atom. The van der Waals surface area contributed by atoms with Gasteiger partial charge >= 0.3 is 0 Å². The molecule has 158 valence electrons. The first-order valence-electron chi connectivity index (χ1n) is 8.88. The Labute approximate surface area is 174 Å². The van der Waals surface area contributed by atoms with Crippen molar-refractivity contribution in [3.05, 3.63) is 36.2 Å². The van der Waals surface area contributed by atoms with Crippen molar-refractivity contribution in [2.45, 2.75) is 18.9 Å². The van der Waals surface area contributed by atoms with E-state index in [9.17, 15) is 13.2 Å². The summed E-state index contributed by atoms with van der Waals surface area (Å²) in [6, 6.07) is 6.43. The Morgan fingerprint density at radius 3 is 2.47 bits per heavy atom. The maximum absolute atomic E-state index is 12.0. The maximum Gasteiger partial charge on any atom is 0.222 e. The van der Waals surface area contributed by atoms with Crippen LogP contribution in [0.5, 0.6) is 5.75 Å². The minimum Gasteiger partial charge on any atom is -0.497 e. The van der Waals surface area contributed by atoms with E-state index in [1.807, 2.05) is 20.0 Å². The summed E-state index contributed by atoms with van der Waals surface area (Å²) >= 11 is 0. The molecule has 30 heavy (non-hydrogen) atoms. The van der Waals surface area contributed by atoms with E-state index >= 15 is 0 Å². The molecule has 0 unspecified atom stereocenters. The van der Waals surface area contributed by atoms with Crippen molar-refractivity contribution in [2.24, 2.45) is 7.05 Å². The predicted octanol–water partition coefficient (Wildman–Crippen LogP) is 2.30. The lowest BCUT2D eigenvalue weighted by Gasteiger charge is -2.13. The highest BCUT2D eigenvalue weighted by Crippen LogP contribution is 2.32. The van der Waals surface area contributed by atoms with Crippen LogP contribution in [-0.4, -0.2) is 47.4 Å². The summed E-state index contributed by atoms with van der Waals surface area (Å²) in [5.74, 6) is 0.643. The van der Waals surface area contributed by atoms with Crippen LogP contribution in [0.15, 0.2) is 35.5 Å². The molecule has 0 spiro atoms. The molecule has 0 saturated carbocycles. The molecule has 11 heteroatoms. The van der Waals surface area contributed by atoms with E-state index in [1.54, 1.807) is 23.0 Å². The summed E-state index contributed by atoms with van der Waals surface area (Å²) in [5.41, 5.74) is 2.79. The van der Waals surface area contributed by atoms with Gasteiger partial charge in [-0.1, -0.05) is 0 Å². The third-order valence-electron chi connectivity index (χ3n) is 4.25. The van der Waals surface area contributed by atoms with Gasteiger partial charge in [0.05, 0.1) is 18.5 Å². The number of carbonyl (C=O) groups excluding carboxylic acids is 1. The van der Waals surface area contributed by atoms with Crippen molar-refractivity contribution in [3.8, 4) is 17.0 Å². The fraction of sp³-hybridized carbons (Fsp3) is 0.263. The molecule has 0 fully saturated rings. The molecule has 3 rings (SSSR count). The molecule has 0 aliphatic heterocycles. The third kappa shape index (κ3) is 4.74. The molecule has 3 aromatic rings. The molecule has 0 radical (unpaired) electrons. The summed E-state index contributed by atoms with van der Waals surface area (Å²) in [5, 5.41) is 10.1. The molecule has 0 aliphatic carbocycles. The number of nitrogens with one attached hydrogen (secondary N) is 2. The van der Waals surface area contributed by atoms with E-state index in [0.717, 1.165) is 11.9 Å². The summed E-state index contributed by atoms with van der Waals surface area (Å²) in [6.45, 7) is 3.30. The molecule has 3 aromatic heterocycles.